The molecule has 122 valence electrons. The van der Waals surface area contributed by atoms with Crippen molar-refractivity contribution in [1.29, 1.82) is 0 Å². The molecule has 0 aromatic carbocycles. The van der Waals surface area contributed by atoms with Crippen molar-refractivity contribution in [2.75, 3.05) is 11.9 Å². The van der Waals surface area contributed by atoms with Gasteiger partial charge in [0.05, 0.1) is 17.7 Å². The maximum Gasteiger partial charge on any atom is 0.324 e. The van der Waals surface area contributed by atoms with Gasteiger partial charge in [0.15, 0.2) is 5.13 Å². The number of hydrogen-bond acceptors (Lipinski definition) is 5. The Kier molecular flexibility index (Phi) is 3.73. The molecule has 0 bridgehead atoms. The number of urea groups is 1. The molecule has 3 aromatic heterocycles. The van der Waals surface area contributed by atoms with Gasteiger partial charge in [-0.1, -0.05) is 6.07 Å². The van der Waals surface area contributed by atoms with Crippen molar-refractivity contribution in [3.8, 4) is 0 Å². The minimum absolute atomic E-state index is 0.174. The molecule has 24 heavy (non-hydrogen) atoms. The summed E-state index contributed by atoms with van der Waals surface area (Å²) in [7, 11) is 0. The van der Waals surface area contributed by atoms with Crippen molar-refractivity contribution in [2.24, 2.45) is 0 Å². The second kappa shape index (κ2) is 6.04. The molecule has 0 aliphatic carbocycles. The second-order valence-electron chi connectivity index (χ2n) is 5.62. The average molecular weight is 340 g/mol. The second-order valence-corrected chi connectivity index (χ2v) is 6.48. The van der Waals surface area contributed by atoms with E-state index >= 15 is 0 Å². The fourth-order valence-electron chi connectivity index (χ4n) is 2.95. The van der Waals surface area contributed by atoms with Crippen molar-refractivity contribution in [3.63, 3.8) is 0 Å². The zero-order valence-corrected chi connectivity index (χ0v) is 13.9. The number of nitrogens with zero attached hydrogens (tertiary/aromatic N) is 4. The normalized spacial score (nSPS) is 16.7. The summed E-state index contributed by atoms with van der Waals surface area (Å²) in [6.07, 6.45) is 5.93. The first kappa shape index (κ1) is 14.8. The highest BCUT2D eigenvalue weighted by atomic mass is 32.1. The van der Waals surface area contributed by atoms with E-state index in [-0.39, 0.29) is 12.1 Å². The number of hydrogen-bond donors (Lipinski definition) is 2. The van der Waals surface area contributed by atoms with Crippen LogP contribution in [-0.2, 0) is 6.42 Å². The maximum absolute atomic E-state index is 12.8. The van der Waals surface area contributed by atoms with Crippen LogP contribution in [0.2, 0.25) is 0 Å². The number of aromatic amines is 1. The molecule has 1 atom stereocenters. The number of thiazole rings is 1. The van der Waals surface area contributed by atoms with Crippen molar-refractivity contribution >= 4 is 22.5 Å². The monoisotopic (exact) mass is 340 g/mol. The lowest BCUT2D eigenvalue weighted by Gasteiger charge is -2.34. The van der Waals surface area contributed by atoms with Crippen molar-refractivity contribution < 1.29 is 4.79 Å². The van der Waals surface area contributed by atoms with E-state index in [0.717, 1.165) is 29.1 Å². The molecule has 0 spiro atoms. The summed E-state index contributed by atoms with van der Waals surface area (Å²) < 4.78 is 0. The van der Waals surface area contributed by atoms with Gasteiger partial charge in [-0.25, -0.2) is 14.8 Å². The van der Waals surface area contributed by atoms with Crippen LogP contribution >= 0.6 is 11.3 Å². The number of pyridine rings is 1. The molecule has 1 aliphatic heterocycles. The zero-order chi connectivity index (χ0) is 16.5. The molecule has 0 saturated carbocycles. The highest BCUT2D eigenvalue weighted by molar-refractivity contribution is 7.13. The number of carbonyl (C=O) groups is 1. The molecule has 0 saturated heterocycles. The highest BCUT2D eigenvalue weighted by Crippen LogP contribution is 2.33. The lowest BCUT2D eigenvalue weighted by Crippen LogP contribution is -2.43. The first-order valence-electron chi connectivity index (χ1n) is 7.64. The third kappa shape index (κ3) is 2.65. The molecule has 0 fully saturated rings. The van der Waals surface area contributed by atoms with Crippen LogP contribution in [0.15, 0.2) is 36.2 Å². The summed E-state index contributed by atoms with van der Waals surface area (Å²) in [4.78, 5) is 30.7. The van der Waals surface area contributed by atoms with Gasteiger partial charge in [-0.3, -0.25) is 10.3 Å². The first-order chi connectivity index (χ1) is 11.7. The van der Waals surface area contributed by atoms with Crippen molar-refractivity contribution in [2.45, 2.75) is 19.4 Å². The van der Waals surface area contributed by atoms with Crippen LogP contribution in [0.4, 0.5) is 9.93 Å². The standard InChI is InChI=1S/C16H16N6OS/c1-10-8-24-15(20-10)21-16(23)22-6-4-12-13(19-9-18-12)14(22)11-3-2-5-17-7-11/h2-3,5,7-9,14H,4,6H2,1H3,(H,18,19)(H,20,21,23). The fourth-order valence-corrected chi connectivity index (χ4v) is 3.62. The smallest absolute Gasteiger partial charge is 0.324 e. The van der Waals surface area contributed by atoms with Gasteiger partial charge in [-0.05, 0) is 18.6 Å². The number of rotatable bonds is 2. The van der Waals surface area contributed by atoms with Gasteiger partial charge in [0.2, 0.25) is 0 Å². The fraction of sp³-hybridized carbons (Fsp3) is 0.250. The van der Waals surface area contributed by atoms with Crippen LogP contribution < -0.4 is 5.32 Å². The van der Waals surface area contributed by atoms with E-state index in [9.17, 15) is 4.79 Å². The van der Waals surface area contributed by atoms with Crippen LogP contribution in [0.3, 0.4) is 0 Å². The van der Waals surface area contributed by atoms with Gasteiger partial charge >= 0.3 is 6.03 Å². The Balaban J connectivity index is 1.67. The summed E-state index contributed by atoms with van der Waals surface area (Å²) >= 11 is 1.42. The average Bonchev–Trinajstić information content (AvgIpc) is 3.23. The Morgan fingerprint density at radius 3 is 3.17 bits per heavy atom. The summed E-state index contributed by atoms with van der Waals surface area (Å²) in [5.41, 5.74) is 3.78. The number of H-pyrrole nitrogens is 1. The van der Waals surface area contributed by atoms with Crippen LogP contribution in [0.1, 0.15) is 28.7 Å². The molecular formula is C16H16N6OS. The van der Waals surface area contributed by atoms with E-state index in [0.29, 0.717) is 11.7 Å². The number of anilines is 1. The summed E-state index contributed by atoms with van der Waals surface area (Å²) in [5.74, 6) is 0. The quantitative estimate of drug-likeness (QED) is 0.751. The van der Waals surface area contributed by atoms with Gasteiger partial charge in [0, 0.05) is 36.4 Å². The summed E-state index contributed by atoms with van der Waals surface area (Å²) in [5, 5.41) is 5.41. The molecular weight excluding hydrogens is 324 g/mol. The van der Waals surface area contributed by atoms with E-state index in [4.69, 9.17) is 0 Å². The Hall–Kier alpha value is -2.74. The Labute approximate surface area is 142 Å². The van der Waals surface area contributed by atoms with E-state index in [1.807, 2.05) is 24.4 Å². The zero-order valence-electron chi connectivity index (χ0n) is 13.1. The van der Waals surface area contributed by atoms with Crippen LogP contribution in [0.5, 0.6) is 0 Å². The van der Waals surface area contributed by atoms with Crippen LogP contribution in [-0.4, -0.2) is 37.4 Å². The largest absolute Gasteiger partial charge is 0.348 e. The highest BCUT2D eigenvalue weighted by Gasteiger charge is 2.34. The maximum atomic E-state index is 12.8. The number of aryl methyl sites for hydroxylation is 1. The summed E-state index contributed by atoms with van der Waals surface area (Å²) in [6.45, 7) is 2.51. The molecule has 4 rings (SSSR count). The lowest BCUT2D eigenvalue weighted by molar-refractivity contribution is 0.192. The summed E-state index contributed by atoms with van der Waals surface area (Å²) in [6, 6.07) is 3.41. The molecule has 4 heterocycles. The van der Waals surface area contributed by atoms with Gasteiger partial charge in [-0.2, -0.15) is 0 Å². The molecule has 8 heteroatoms. The van der Waals surface area contributed by atoms with Gasteiger partial charge in [0.25, 0.3) is 0 Å². The van der Waals surface area contributed by atoms with Crippen LogP contribution in [0.25, 0.3) is 0 Å². The topological polar surface area (TPSA) is 86.8 Å². The number of nitrogens with one attached hydrogen (secondary N) is 2. The third-order valence-electron chi connectivity index (χ3n) is 4.02. The molecule has 2 amide bonds. The van der Waals surface area contributed by atoms with E-state index in [1.54, 1.807) is 23.6 Å². The SMILES string of the molecule is Cc1csc(NC(=O)N2CCc3[nH]cnc3C2c2cccnc2)n1. The van der Waals surface area contributed by atoms with E-state index < -0.39 is 0 Å². The minimum atomic E-state index is -0.255. The number of fused-ring (bicyclic) bond motifs is 1. The molecule has 0 radical (unpaired) electrons. The van der Waals surface area contributed by atoms with Gasteiger partial charge < -0.3 is 9.88 Å². The van der Waals surface area contributed by atoms with Crippen LogP contribution in [0, 0.1) is 6.92 Å². The molecule has 3 aromatic rings. The molecule has 7 nitrogen and oxygen atoms in total. The predicted octanol–water partition coefficient (Wildman–Crippen LogP) is 2.75. The van der Waals surface area contributed by atoms with Crippen molar-refractivity contribution in [1.82, 2.24) is 24.8 Å². The number of imidazole rings is 1. The number of carbonyl (C=O) groups excluding carboxylic acids is 1. The van der Waals surface area contributed by atoms with Gasteiger partial charge in [-0.15, -0.1) is 11.3 Å². The lowest BCUT2D eigenvalue weighted by atomic mass is 9.97. The Bertz CT molecular complexity index is 858. The predicted molar refractivity (Wildman–Crippen MR) is 90.9 cm³/mol. The van der Waals surface area contributed by atoms with E-state index in [1.165, 1.54) is 11.3 Å². The van der Waals surface area contributed by atoms with E-state index in [2.05, 4.69) is 25.3 Å². The minimum Gasteiger partial charge on any atom is -0.348 e. The van der Waals surface area contributed by atoms with Crippen molar-refractivity contribution in [3.05, 3.63) is 58.9 Å². The van der Waals surface area contributed by atoms with Gasteiger partial charge in [0.1, 0.15) is 6.04 Å². The Morgan fingerprint density at radius 1 is 1.50 bits per heavy atom. The number of aromatic nitrogens is 4. The first-order valence-corrected chi connectivity index (χ1v) is 8.52. The molecule has 1 aliphatic rings. The number of amides is 2. The molecule has 2 N–H and O–H groups in total. The third-order valence-corrected chi connectivity index (χ3v) is 4.89. The Morgan fingerprint density at radius 2 is 2.42 bits per heavy atom. The molecule has 1 unspecified atom stereocenters.